The van der Waals surface area contributed by atoms with Gasteiger partial charge in [0.1, 0.15) is 5.82 Å². The molecule has 1 aromatic rings. The van der Waals surface area contributed by atoms with Gasteiger partial charge >= 0.3 is 11.8 Å². The summed E-state index contributed by atoms with van der Waals surface area (Å²) in [5.74, 6) is -2.25. The Morgan fingerprint density at radius 1 is 1.15 bits per heavy atom. The fourth-order valence-electron chi connectivity index (χ4n) is 1.59. The summed E-state index contributed by atoms with van der Waals surface area (Å²) in [4.78, 5) is 24.4. The molecule has 0 saturated heterocycles. The van der Waals surface area contributed by atoms with Gasteiger partial charge in [-0.15, -0.1) is 0 Å². The molecule has 20 heavy (non-hydrogen) atoms. The third-order valence-corrected chi connectivity index (χ3v) is 2.62. The van der Waals surface area contributed by atoms with Crippen molar-refractivity contribution in [2.24, 2.45) is 0 Å². The third-order valence-electron chi connectivity index (χ3n) is 2.62. The van der Waals surface area contributed by atoms with E-state index in [0.29, 0.717) is 0 Å². The SMILES string of the molecule is O=C(NCc1ccccc1F)C(=O)N(CCO)CCO. The van der Waals surface area contributed by atoms with E-state index in [2.05, 4.69) is 5.32 Å². The summed E-state index contributed by atoms with van der Waals surface area (Å²) in [6.45, 7) is -0.832. The maximum absolute atomic E-state index is 13.3. The van der Waals surface area contributed by atoms with Crippen molar-refractivity contribution in [2.45, 2.75) is 6.54 Å². The van der Waals surface area contributed by atoms with Crippen molar-refractivity contribution in [2.75, 3.05) is 26.3 Å². The average molecular weight is 284 g/mol. The maximum atomic E-state index is 13.3. The highest BCUT2D eigenvalue weighted by molar-refractivity contribution is 6.34. The number of amides is 2. The molecule has 110 valence electrons. The second-order valence-electron chi connectivity index (χ2n) is 4.01. The van der Waals surface area contributed by atoms with E-state index in [0.717, 1.165) is 4.90 Å². The fraction of sp³-hybridized carbons (Fsp3) is 0.385. The molecule has 0 saturated carbocycles. The van der Waals surface area contributed by atoms with Gasteiger partial charge in [-0.2, -0.15) is 0 Å². The summed E-state index contributed by atoms with van der Waals surface area (Å²) in [7, 11) is 0. The largest absolute Gasteiger partial charge is 0.395 e. The van der Waals surface area contributed by atoms with E-state index in [1.807, 2.05) is 0 Å². The van der Waals surface area contributed by atoms with Gasteiger partial charge in [-0.25, -0.2) is 4.39 Å². The van der Waals surface area contributed by atoms with Crippen molar-refractivity contribution in [3.63, 3.8) is 0 Å². The minimum Gasteiger partial charge on any atom is -0.395 e. The summed E-state index contributed by atoms with van der Waals surface area (Å²) in [6.07, 6.45) is 0. The number of hydrogen-bond acceptors (Lipinski definition) is 4. The highest BCUT2D eigenvalue weighted by Crippen LogP contribution is 2.05. The van der Waals surface area contributed by atoms with Crippen LogP contribution in [0.2, 0.25) is 0 Å². The van der Waals surface area contributed by atoms with Gasteiger partial charge in [-0.1, -0.05) is 18.2 Å². The van der Waals surface area contributed by atoms with E-state index < -0.39 is 17.6 Å². The van der Waals surface area contributed by atoms with Crippen LogP contribution in [0.3, 0.4) is 0 Å². The van der Waals surface area contributed by atoms with Gasteiger partial charge in [-0.05, 0) is 6.07 Å². The van der Waals surface area contributed by atoms with Crippen LogP contribution < -0.4 is 5.32 Å². The minimum absolute atomic E-state index is 0.0491. The van der Waals surface area contributed by atoms with Crippen LogP contribution >= 0.6 is 0 Å². The molecular weight excluding hydrogens is 267 g/mol. The topological polar surface area (TPSA) is 89.9 Å². The van der Waals surface area contributed by atoms with E-state index in [-0.39, 0.29) is 38.4 Å². The smallest absolute Gasteiger partial charge is 0.312 e. The fourth-order valence-corrected chi connectivity index (χ4v) is 1.59. The molecule has 0 radical (unpaired) electrons. The van der Waals surface area contributed by atoms with Gasteiger partial charge in [0.15, 0.2) is 0 Å². The normalized spacial score (nSPS) is 10.2. The Labute approximate surface area is 115 Å². The van der Waals surface area contributed by atoms with Gasteiger partial charge in [0.25, 0.3) is 0 Å². The quantitative estimate of drug-likeness (QED) is 0.600. The number of carbonyl (C=O) groups is 2. The van der Waals surface area contributed by atoms with Crippen LogP contribution in [0.4, 0.5) is 4.39 Å². The number of aliphatic hydroxyl groups excluding tert-OH is 2. The van der Waals surface area contributed by atoms with Crippen LogP contribution in [-0.4, -0.2) is 53.2 Å². The number of carbonyl (C=O) groups excluding carboxylic acids is 2. The molecule has 1 aromatic carbocycles. The van der Waals surface area contributed by atoms with Crippen molar-refractivity contribution in [1.82, 2.24) is 10.2 Å². The molecule has 6 nitrogen and oxygen atoms in total. The van der Waals surface area contributed by atoms with Crippen molar-refractivity contribution in [3.8, 4) is 0 Å². The van der Waals surface area contributed by atoms with E-state index >= 15 is 0 Å². The predicted octanol–water partition coefficient (Wildman–Crippen LogP) is -0.745. The molecule has 0 spiro atoms. The molecule has 3 N–H and O–H groups in total. The van der Waals surface area contributed by atoms with E-state index in [9.17, 15) is 14.0 Å². The zero-order valence-corrected chi connectivity index (χ0v) is 10.9. The van der Waals surface area contributed by atoms with Crippen LogP contribution in [0.1, 0.15) is 5.56 Å². The number of nitrogens with zero attached hydrogens (tertiary/aromatic N) is 1. The Kier molecular flexibility index (Phi) is 6.61. The van der Waals surface area contributed by atoms with Crippen molar-refractivity contribution >= 4 is 11.8 Å². The average Bonchev–Trinajstić information content (AvgIpc) is 2.45. The molecule has 0 aliphatic heterocycles. The monoisotopic (exact) mass is 284 g/mol. The van der Waals surface area contributed by atoms with Crippen LogP contribution in [0.25, 0.3) is 0 Å². The van der Waals surface area contributed by atoms with Gasteiger partial charge in [0, 0.05) is 25.2 Å². The number of rotatable bonds is 6. The Morgan fingerprint density at radius 2 is 1.75 bits per heavy atom. The number of aliphatic hydroxyl groups is 2. The number of nitrogens with one attached hydrogen (secondary N) is 1. The first kappa shape index (κ1) is 16.1. The first-order valence-corrected chi connectivity index (χ1v) is 6.12. The van der Waals surface area contributed by atoms with Crippen LogP contribution in [0.5, 0.6) is 0 Å². The molecular formula is C13H17FN2O4. The first-order chi connectivity index (χ1) is 9.60. The lowest BCUT2D eigenvalue weighted by atomic mass is 10.2. The standard InChI is InChI=1S/C13H17FN2O4/c14-11-4-2-1-3-10(11)9-15-12(19)13(20)16(5-7-17)6-8-18/h1-4,17-18H,5-9H2,(H,15,19). The Balaban J connectivity index is 2.57. The van der Waals surface area contributed by atoms with Crippen molar-refractivity contribution in [1.29, 1.82) is 0 Å². The number of halogens is 1. The van der Waals surface area contributed by atoms with Crippen molar-refractivity contribution < 1.29 is 24.2 Å². The Hall–Kier alpha value is -1.99. The van der Waals surface area contributed by atoms with E-state index in [1.54, 1.807) is 6.07 Å². The molecule has 0 bridgehead atoms. The van der Waals surface area contributed by atoms with Crippen LogP contribution in [0, 0.1) is 5.82 Å². The molecule has 1 rings (SSSR count). The Bertz CT molecular complexity index is 461. The lowest BCUT2D eigenvalue weighted by molar-refractivity contribution is -0.146. The second kappa shape index (κ2) is 8.23. The molecule has 0 aliphatic carbocycles. The van der Waals surface area contributed by atoms with Crippen LogP contribution in [0.15, 0.2) is 24.3 Å². The van der Waals surface area contributed by atoms with E-state index in [4.69, 9.17) is 10.2 Å². The van der Waals surface area contributed by atoms with E-state index in [1.165, 1.54) is 18.2 Å². The second-order valence-corrected chi connectivity index (χ2v) is 4.01. The van der Waals surface area contributed by atoms with Crippen LogP contribution in [-0.2, 0) is 16.1 Å². The predicted molar refractivity (Wildman–Crippen MR) is 69.0 cm³/mol. The minimum atomic E-state index is -0.907. The molecule has 0 fully saturated rings. The number of benzene rings is 1. The van der Waals surface area contributed by atoms with Gasteiger partial charge in [0.2, 0.25) is 0 Å². The lowest BCUT2D eigenvalue weighted by Crippen LogP contribution is -2.45. The molecule has 7 heteroatoms. The third kappa shape index (κ3) is 4.60. The molecule has 0 aliphatic rings. The Morgan fingerprint density at radius 3 is 2.30 bits per heavy atom. The summed E-state index contributed by atoms with van der Waals surface area (Å²) in [5, 5.41) is 19.9. The summed E-state index contributed by atoms with van der Waals surface area (Å²) < 4.78 is 13.3. The summed E-state index contributed by atoms with van der Waals surface area (Å²) >= 11 is 0. The molecule has 0 aromatic heterocycles. The maximum Gasteiger partial charge on any atom is 0.312 e. The molecule has 2 amide bonds. The zero-order chi connectivity index (χ0) is 15.0. The van der Waals surface area contributed by atoms with Gasteiger partial charge in [-0.3, -0.25) is 9.59 Å². The van der Waals surface area contributed by atoms with Gasteiger partial charge < -0.3 is 20.4 Å². The molecule has 0 unspecified atom stereocenters. The zero-order valence-electron chi connectivity index (χ0n) is 10.9. The first-order valence-electron chi connectivity index (χ1n) is 6.12. The highest BCUT2D eigenvalue weighted by Gasteiger charge is 2.20. The van der Waals surface area contributed by atoms with Crippen molar-refractivity contribution in [3.05, 3.63) is 35.6 Å². The highest BCUT2D eigenvalue weighted by atomic mass is 19.1. The number of hydrogen-bond donors (Lipinski definition) is 3. The summed E-state index contributed by atoms with van der Waals surface area (Å²) in [5.41, 5.74) is 0.268. The summed E-state index contributed by atoms with van der Waals surface area (Å²) in [6, 6.07) is 5.90. The van der Waals surface area contributed by atoms with Gasteiger partial charge in [0.05, 0.1) is 13.2 Å². The lowest BCUT2D eigenvalue weighted by Gasteiger charge is -2.19. The molecule has 0 heterocycles. The molecule has 0 atom stereocenters.